The van der Waals surface area contributed by atoms with Crippen molar-refractivity contribution in [2.75, 3.05) is 5.32 Å². The van der Waals surface area contributed by atoms with Gasteiger partial charge in [-0.25, -0.2) is 4.98 Å². The molecule has 0 fully saturated rings. The second kappa shape index (κ2) is 5.57. The maximum absolute atomic E-state index is 4.37. The summed E-state index contributed by atoms with van der Waals surface area (Å²) < 4.78 is 3.24. The number of benzene rings is 1. The van der Waals surface area contributed by atoms with Gasteiger partial charge in [0.1, 0.15) is 0 Å². The molecule has 18 heavy (non-hydrogen) atoms. The molecule has 0 spiro atoms. The Morgan fingerprint density at radius 2 is 2.17 bits per heavy atom. The molecule has 1 N–H and O–H groups in total. The van der Waals surface area contributed by atoms with Crippen molar-refractivity contribution in [2.24, 2.45) is 5.92 Å². The van der Waals surface area contributed by atoms with Crippen LogP contribution in [0.15, 0.2) is 35.1 Å². The Balaban J connectivity index is 2.21. The lowest BCUT2D eigenvalue weighted by molar-refractivity contribution is 0.527. The third-order valence-corrected chi connectivity index (χ3v) is 3.21. The molecule has 0 bridgehead atoms. The predicted molar refractivity (Wildman–Crippen MR) is 79.2 cm³/mol. The van der Waals surface area contributed by atoms with E-state index < -0.39 is 0 Å². The maximum Gasteiger partial charge on any atom is 0.207 e. The van der Waals surface area contributed by atoms with Crippen LogP contribution in [0.4, 0.5) is 11.6 Å². The average molecular weight is 308 g/mol. The van der Waals surface area contributed by atoms with Crippen LogP contribution in [0.2, 0.25) is 0 Å². The van der Waals surface area contributed by atoms with Crippen molar-refractivity contribution in [1.29, 1.82) is 0 Å². The van der Waals surface area contributed by atoms with E-state index in [1.165, 1.54) is 5.56 Å². The quantitative estimate of drug-likeness (QED) is 0.910. The van der Waals surface area contributed by atoms with Crippen LogP contribution >= 0.6 is 15.9 Å². The van der Waals surface area contributed by atoms with E-state index in [9.17, 15) is 0 Å². The third kappa shape index (κ3) is 3.13. The summed E-state index contributed by atoms with van der Waals surface area (Å²) in [5, 5.41) is 3.38. The molecule has 0 atom stereocenters. The number of halogens is 1. The lowest BCUT2D eigenvalue weighted by Crippen LogP contribution is -2.07. The van der Waals surface area contributed by atoms with Gasteiger partial charge in [0.05, 0.1) is 0 Å². The van der Waals surface area contributed by atoms with Crippen LogP contribution in [0.3, 0.4) is 0 Å². The zero-order valence-electron chi connectivity index (χ0n) is 10.9. The first-order valence-corrected chi connectivity index (χ1v) is 6.90. The van der Waals surface area contributed by atoms with Crippen molar-refractivity contribution in [3.05, 3.63) is 40.6 Å². The molecule has 1 heterocycles. The van der Waals surface area contributed by atoms with Crippen LogP contribution in [-0.2, 0) is 6.54 Å². The minimum absolute atomic E-state index is 0.603. The summed E-state index contributed by atoms with van der Waals surface area (Å²) in [7, 11) is 0. The van der Waals surface area contributed by atoms with Crippen molar-refractivity contribution in [3.63, 3.8) is 0 Å². The Morgan fingerprint density at radius 3 is 2.83 bits per heavy atom. The molecule has 1 aromatic carbocycles. The van der Waals surface area contributed by atoms with Crippen LogP contribution < -0.4 is 5.32 Å². The molecule has 1 aromatic heterocycles. The number of hydrogen-bond acceptors (Lipinski definition) is 2. The first kappa shape index (κ1) is 13.1. The molecule has 0 unspecified atom stereocenters. The van der Waals surface area contributed by atoms with Gasteiger partial charge in [-0.3, -0.25) is 0 Å². The van der Waals surface area contributed by atoms with Crippen molar-refractivity contribution < 1.29 is 0 Å². The summed E-state index contributed by atoms with van der Waals surface area (Å²) in [4.78, 5) is 4.37. The van der Waals surface area contributed by atoms with E-state index in [-0.39, 0.29) is 0 Å². The zero-order valence-corrected chi connectivity index (χ0v) is 12.5. The topological polar surface area (TPSA) is 29.9 Å². The van der Waals surface area contributed by atoms with Crippen molar-refractivity contribution in [1.82, 2.24) is 9.55 Å². The number of anilines is 2. The van der Waals surface area contributed by atoms with E-state index >= 15 is 0 Å². The van der Waals surface area contributed by atoms with Gasteiger partial charge in [0.15, 0.2) is 0 Å². The van der Waals surface area contributed by atoms with Gasteiger partial charge in [0, 0.05) is 29.1 Å². The number of imidazole rings is 1. The summed E-state index contributed by atoms with van der Waals surface area (Å²) in [6.07, 6.45) is 3.84. The first-order valence-electron chi connectivity index (χ1n) is 6.10. The van der Waals surface area contributed by atoms with Crippen molar-refractivity contribution >= 4 is 27.6 Å². The summed E-state index contributed by atoms with van der Waals surface area (Å²) >= 11 is 3.47. The molecule has 96 valence electrons. The smallest absolute Gasteiger partial charge is 0.207 e. The Labute approximate surface area is 116 Å². The Bertz CT molecular complexity index is 532. The zero-order chi connectivity index (χ0) is 13.1. The summed E-state index contributed by atoms with van der Waals surface area (Å²) in [6, 6.07) is 6.19. The molecule has 0 saturated heterocycles. The highest BCUT2D eigenvalue weighted by Gasteiger charge is 2.06. The second-order valence-corrected chi connectivity index (χ2v) is 5.80. The van der Waals surface area contributed by atoms with E-state index in [1.807, 2.05) is 18.5 Å². The second-order valence-electron chi connectivity index (χ2n) is 4.88. The molecule has 0 amide bonds. The number of aryl methyl sites for hydroxylation is 1. The lowest BCUT2D eigenvalue weighted by Gasteiger charge is -2.13. The number of aromatic nitrogens is 2. The largest absolute Gasteiger partial charge is 0.325 e. The van der Waals surface area contributed by atoms with Crippen LogP contribution in [0, 0.1) is 12.8 Å². The minimum Gasteiger partial charge on any atom is -0.325 e. The molecular weight excluding hydrogens is 290 g/mol. The van der Waals surface area contributed by atoms with E-state index in [0.29, 0.717) is 5.92 Å². The van der Waals surface area contributed by atoms with Crippen molar-refractivity contribution in [2.45, 2.75) is 27.3 Å². The fourth-order valence-corrected chi connectivity index (χ4v) is 2.34. The molecule has 0 aliphatic rings. The SMILES string of the molecule is Cc1cc(Br)ccc1Nc1nccn1CC(C)C. The highest BCUT2D eigenvalue weighted by molar-refractivity contribution is 9.10. The summed E-state index contributed by atoms with van der Waals surface area (Å²) in [5.74, 6) is 1.50. The molecular formula is C14H18BrN3. The Kier molecular flexibility index (Phi) is 4.07. The maximum atomic E-state index is 4.37. The first-order chi connectivity index (χ1) is 8.56. The standard InChI is InChI=1S/C14H18BrN3/c1-10(2)9-18-7-6-16-14(18)17-13-5-4-12(15)8-11(13)3/h4-8,10H,9H2,1-3H3,(H,16,17). The molecule has 3 nitrogen and oxygen atoms in total. The van der Waals surface area contributed by atoms with Gasteiger partial charge in [0.2, 0.25) is 5.95 Å². The van der Waals surface area contributed by atoms with E-state index in [4.69, 9.17) is 0 Å². The van der Waals surface area contributed by atoms with E-state index in [0.717, 1.165) is 22.7 Å². The van der Waals surface area contributed by atoms with Gasteiger partial charge in [-0.05, 0) is 36.6 Å². The van der Waals surface area contributed by atoms with Gasteiger partial charge in [-0.15, -0.1) is 0 Å². The summed E-state index contributed by atoms with van der Waals surface area (Å²) in [6.45, 7) is 7.46. The molecule has 2 aromatic rings. The van der Waals surface area contributed by atoms with Gasteiger partial charge < -0.3 is 9.88 Å². The third-order valence-electron chi connectivity index (χ3n) is 2.71. The molecule has 0 radical (unpaired) electrons. The van der Waals surface area contributed by atoms with Crippen LogP contribution in [-0.4, -0.2) is 9.55 Å². The van der Waals surface area contributed by atoms with Crippen LogP contribution in [0.25, 0.3) is 0 Å². The highest BCUT2D eigenvalue weighted by atomic mass is 79.9. The number of hydrogen-bond donors (Lipinski definition) is 1. The van der Waals surface area contributed by atoms with E-state index in [2.05, 4.69) is 63.7 Å². The van der Waals surface area contributed by atoms with Gasteiger partial charge in [-0.1, -0.05) is 29.8 Å². The molecule has 4 heteroatoms. The number of nitrogens with one attached hydrogen (secondary N) is 1. The minimum atomic E-state index is 0.603. The average Bonchev–Trinajstić information content (AvgIpc) is 2.69. The van der Waals surface area contributed by atoms with E-state index in [1.54, 1.807) is 0 Å². The number of nitrogens with zero attached hydrogens (tertiary/aromatic N) is 2. The van der Waals surface area contributed by atoms with Gasteiger partial charge >= 0.3 is 0 Å². The lowest BCUT2D eigenvalue weighted by atomic mass is 10.2. The molecule has 2 rings (SSSR count). The fourth-order valence-electron chi connectivity index (χ4n) is 1.86. The van der Waals surface area contributed by atoms with Gasteiger partial charge in [-0.2, -0.15) is 0 Å². The fraction of sp³-hybridized carbons (Fsp3) is 0.357. The monoisotopic (exact) mass is 307 g/mol. The van der Waals surface area contributed by atoms with Crippen LogP contribution in [0.5, 0.6) is 0 Å². The molecule has 0 saturated carbocycles. The van der Waals surface area contributed by atoms with Gasteiger partial charge in [0.25, 0.3) is 0 Å². The normalized spacial score (nSPS) is 10.9. The van der Waals surface area contributed by atoms with Crippen LogP contribution in [0.1, 0.15) is 19.4 Å². The molecule has 0 aliphatic heterocycles. The summed E-state index contributed by atoms with van der Waals surface area (Å²) in [5.41, 5.74) is 2.29. The Morgan fingerprint density at radius 1 is 1.39 bits per heavy atom. The highest BCUT2D eigenvalue weighted by Crippen LogP contribution is 2.23. The van der Waals surface area contributed by atoms with Crippen molar-refractivity contribution in [3.8, 4) is 0 Å². The Hall–Kier alpha value is -1.29. The predicted octanol–water partition coefficient (Wildman–Crippen LogP) is 4.35. The molecule has 0 aliphatic carbocycles. The number of rotatable bonds is 4.